The molecule has 172 valence electrons. The molecule has 2 unspecified atom stereocenters. The summed E-state index contributed by atoms with van der Waals surface area (Å²) in [4.78, 5) is 31.1. The molecular formula is C23H29N3O6. The first-order chi connectivity index (χ1) is 15.7. The van der Waals surface area contributed by atoms with Gasteiger partial charge < -0.3 is 28.8 Å². The minimum absolute atomic E-state index is 0.0279. The molecule has 1 N–H and O–H groups in total. The van der Waals surface area contributed by atoms with Crippen LogP contribution in [0.1, 0.15) is 42.1 Å². The summed E-state index contributed by atoms with van der Waals surface area (Å²) in [6, 6.07) is 9.18. The Morgan fingerprint density at radius 1 is 1.09 bits per heavy atom. The monoisotopic (exact) mass is 443 g/mol. The molecule has 0 spiro atoms. The fourth-order valence-electron chi connectivity index (χ4n) is 3.80. The Kier molecular flexibility index (Phi) is 7.73. The van der Waals surface area contributed by atoms with Gasteiger partial charge in [-0.05, 0) is 37.8 Å². The van der Waals surface area contributed by atoms with E-state index < -0.39 is 0 Å². The molecule has 9 nitrogen and oxygen atoms in total. The zero-order chi connectivity index (χ0) is 22.2. The Morgan fingerprint density at radius 3 is 2.56 bits per heavy atom. The van der Waals surface area contributed by atoms with Gasteiger partial charge in [-0.2, -0.15) is 0 Å². The minimum atomic E-state index is -0.320. The van der Waals surface area contributed by atoms with Crippen molar-refractivity contribution in [2.45, 2.75) is 44.4 Å². The van der Waals surface area contributed by atoms with Gasteiger partial charge in [-0.3, -0.25) is 9.59 Å². The predicted molar refractivity (Wildman–Crippen MR) is 114 cm³/mol. The Morgan fingerprint density at radius 2 is 1.84 bits per heavy atom. The second kappa shape index (κ2) is 11.1. The Balaban J connectivity index is 1.34. The molecule has 0 saturated carbocycles. The number of hydrogen-bond donors (Lipinski definition) is 1. The van der Waals surface area contributed by atoms with Gasteiger partial charge in [-0.25, -0.2) is 4.98 Å². The van der Waals surface area contributed by atoms with Crippen LogP contribution in [0.5, 0.6) is 5.75 Å². The van der Waals surface area contributed by atoms with Crippen LogP contribution in [0.3, 0.4) is 0 Å². The molecule has 0 radical (unpaired) electrons. The number of carbonyl (C=O) groups excluding carboxylic acids is 2. The molecule has 3 heterocycles. The van der Waals surface area contributed by atoms with Crippen molar-refractivity contribution in [2.24, 2.45) is 0 Å². The normalized spacial score (nSPS) is 20.2. The molecule has 1 aromatic heterocycles. The fourth-order valence-corrected chi connectivity index (χ4v) is 3.80. The second-order valence-corrected chi connectivity index (χ2v) is 7.98. The maximum Gasteiger partial charge on any atom is 0.273 e. The van der Waals surface area contributed by atoms with E-state index in [-0.39, 0.29) is 42.9 Å². The zero-order valence-electron chi connectivity index (χ0n) is 18.0. The van der Waals surface area contributed by atoms with Gasteiger partial charge in [0.2, 0.25) is 5.89 Å². The number of ether oxygens (including phenoxy) is 3. The van der Waals surface area contributed by atoms with Crippen LogP contribution in [-0.2, 0) is 20.8 Å². The summed E-state index contributed by atoms with van der Waals surface area (Å²) in [5, 5.41) is 2.82. The first-order valence-electron chi connectivity index (χ1n) is 11.1. The Hall–Kier alpha value is -2.91. The van der Waals surface area contributed by atoms with E-state index in [0.717, 1.165) is 32.3 Å². The van der Waals surface area contributed by atoms with Crippen LogP contribution >= 0.6 is 0 Å². The number of para-hydroxylation sites is 1. The number of rotatable bonds is 10. The maximum absolute atomic E-state index is 12.9. The lowest BCUT2D eigenvalue weighted by molar-refractivity contribution is -0.136. The van der Waals surface area contributed by atoms with Crippen LogP contribution in [0.25, 0.3) is 0 Å². The van der Waals surface area contributed by atoms with Gasteiger partial charge in [0.05, 0.1) is 18.8 Å². The third-order valence-corrected chi connectivity index (χ3v) is 5.53. The number of nitrogens with one attached hydrogen (secondary N) is 1. The summed E-state index contributed by atoms with van der Waals surface area (Å²) in [6.45, 7) is 2.32. The lowest BCUT2D eigenvalue weighted by atomic mass is 10.2. The molecule has 2 aromatic rings. The first-order valence-corrected chi connectivity index (χ1v) is 11.1. The minimum Gasteiger partial charge on any atom is -0.484 e. The summed E-state index contributed by atoms with van der Waals surface area (Å²) in [5.41, 5.74) is 0.183. The highest BCUT2D eigenvalue weighted by Crippen LogP contribution is 2.16. The van der Waals surface area contributed by atoms with Crippen LogP contribution < -0.4 is 10.1 Å². The summed E-state index contributed by atoms with van der Waals surface area (Å²) >= 11 is 0. The maximum atomic E-state index is 12.9. The van der Waals surface area contributed by atoms with Gasteiger partial charge in [0.15, 0.2) is 12.3 Å². The Bertz CT molecular complexity index is 875. The first kappa shape index (κ1) is 22.3. The lowest BCUT2D eigenvalue weighted by Gasteiger charge is -2.24. The molecule has 2 amide bonds. The molecule has 2 aliphatic rings. The highest BCUT2D eigenvalue weighted by Gasteiger charge is 2.25. The molecule has 2 aliphatic heterocycles. The molecule has 0 aliphatic carbocycles. The Labute approximate surface area is 187 Å². The quantitative estimate of drug-likeness (QED) is 0.600. The summed E-state index contributed by atoms with van der Waals surface area (Å²) < 4.78 is 22.3. The molecule has 9 heteroatoms. The van der Waals surface area contributed by atoms with Gasteiger partial charge >= 0.3 is 0 Å². The highest BCUT2D eigenvalue weighted by atomic mass is 16.5. The molecule has 1 aromatic carbocycles. The number of oxazole rings is 1. The van der Waals surface area contributed by atoms with Gasteiger partial charge in [-0.1, -0.05) is 18.2 Å². The third-order valence-electron chi connectivity index (χ3n) is 5.53. The van der Waals surface area contributed by atoms with Crippen molar-refractivity contribution >= 4 is 11.8 Å². The van der Waals surface area contributed by atoms with E-state index in [2.05, 4.69) is 10.3 Å². The van der Waals surface area contributed by atoms with Crippen molar-refractivity contribution in [1.29, 1.82) is 0 Å². The van der Waals surface area contributed by atoms with E-state index in [1.807, 2.05) is 18.2 Å². The number of aromatic nitrogens is 1. The predicted octanol–water partition coefficient (Wildman–Crippen LogP) is 2.17. The standard InChI is InChI=1S/C23H29N3O6/c27-22(16-31-17-6-2-1-3-7-17)26(13-19-9-5-11-30-19)14-21-25-20(15-32-21)23(28)24-12-18-8-4-10-29-18/h1-3,6-7,15,18-19H,4-5,8-14,16H2,(H,24,28). The SMILES string of the molecule is O=C(NCC1CCCO1)c1coc(CN(CC2CCCO2)C(=O)COc2ccccc2)n1. The molecular weight excluding hydrogens is 414 g/mol. The van der Waals surface area contributed by atoms with E-state index in [4.69, 9.17) is 18.6 Å². The number of nitrogens with zero attached hydrogens (tertiary/aromatic N) is 2. The van der Waals surface area contributed by atoms with Gasteiger partial charge in [-0.15, -0.1) is 0 Å². The molecule has 2 fully saturated rings. The lowest BCUT2D eigenvalue weighted by Crippen LogP contribution is -2.39. The molecule has 2 atom stereocenters. The summed E-state index contributed by atoms with van der Waals surface area (Å²) in [7, 11) is 0. The van der Waals surface area contributed by atoms with Crippen LogP contribution in [-0.4, -0.2) is 66.8 Å². The van der Waals surface area contributed by atoms with Crippen LogP contribution in [0.15, 0.2) is 41.0 Å². The van der Waals surface area contributed by atoms with Gasteiger partial charge in [0, 0.05) is 26.3 Å². The van der Waals surface area contributed by atoms with Crippen molar-refractivity contribution in [3.8, 4) is 5.75 Å². The number of carbonyl (C=O) groups is 2. The fraction of sp³-hybridized carbons (Fsp3) is 0.522. The molecule has 32 heavy (non-hydrogen) atoms. The summed E-state index contributed by atoms with van der Waals surface area (Å²) in [6.07, 6.45) is 5.16. The van der Waals surface area contributed by atoms with E-state index in [1.54, 1.807) is 17.0 Å². The van der Waals surface area contributed by atoms with Crippen molar-refractivity contribution in [3.63, 3.8) is 0 Å². The van der Waals surface area contributed by atoms with E-state index >= 15 is 0 Å². The third kappa shape index (κ3) is 6.30. The van der Waals surface area contributed by atoms with Crippen LogP contribution in [0.4, 0.5) is 0 Å². The van der Waals surface area contributed by atoms with Crippen molar-refractivity contribution < 1.29 is 28.2 Å². The van der Waals surface area contributed by atoms with E-state index in [9.17, 15) is 9.59 Å². The van der Waals surface area contributed by atoms with Crippen LogP contribution in [0.2, 0.25) is 0 Å². The molecule has 2 saturated heterocycles. The average molecular weight is 444 g/mol. The number of amides is 2. The topological polar surface area (TPSA) is 103 Å². The largest absolute Gasteiger partial charge is 0.484 e. The van der Waals surface area contributed by atoms with Crippen molar-refractivity contribution in [1.82, 2.24) is 15.2 Å². The van der Waals surface area contributed by atoms with Crippen molar-refractivity contribution in [2.75, 3.05) is 32.9 Å². The summed E-state index contributed by atoms with van der Waals surface area (Å²) in [5.74, 6) is 0.393. The van der Waals surface area contributed by atoms with Crippen LogP contribution in [0, 0.1) is 0 Å². The number of benzene rings is 1. The van der Waals surface area contributed by atoms with E-state index in [1.165, 1.54) is 6.26 Å². The molecule has 4 rings (SSSR count). The van der Waals surface area contributed by atoms with Gasteiger partial charge in [0.25, 0.3) is 11.8 Å². The zero-order valence-corrected chi connectivity index (χ0v) is 18.0. The molecule has 0 bridgehead atoms. The highest BCUT2D eigenvalue weighted by molar-refractivity contribution is 5.91. The number of hydrogen-bond acceptors (Lipinski definition) is 7. The van der Waals surface area contributed by atoms with Crippen molar-refractivity contribution in [3.05, 3.63) is 48.2 Å². The van der Waals surface area contributed by atoms with Gasteiger partial charge in [0.1, 0.15) is 12.0 Å². The smallest absolute Gasteiger partial charge is 0.273 e. The average Bonchev–Trinajstić information content (AvgIpc) is 3.59. The second-order valence-electron chi connectivity index (χ2n) is 7.98. The van der Waals surface area contributed by atoms with E-state index in [0.29, 0.717) is 31.3 Å².